The van der Waals surface area contributed by atoms with E-state index >= 15 is 0 Å². The predicted octanol–water partition coefficient (Wildman–Crippen LogP) is 3.90. The number of hydrogen-bond donors (Lipinski definition) is 1. The second-order valence-electron chi connectivity index (χ2n) is 7.94. The minimum absolute atomic E-state index is 0.223. The highest BCUT2D eigenvalue weighted by molar-refractivity contribution is 5.77. The lowest BCUT2D eigenvalue weighted by Gasteiger charge is -2.32. The summed E-state index contributed by atoms with van der Waals surface area (Å²) in [6, 6.07) is 8.10. The molecular formula is C23H29N5O. The molecule has 0 spiro atoms. The number of carbonyl (C=O) groups is 1. The van der Waals surface area contributed by atoms with Gasteiger partial charge in [-0.2, -0.15) is 5.10 Å². The molecule has 3 heterocycles. The highest BCUT2D eigenvalue weighted by atomic mass is 16.2. The maximum Gasteiger partial charge on any atom is 0.222 e. The number of allylic oxidation sites excluding steroid dienone is 1. The first kappa shape index (κ1) is 19.4. The summed E-state index contributed by atoms with van der Waals surface area (Å²) in [5.41, 5.74) is 5.39. The molecule has 1 unspecified atom stereocenters. The fraction of sp³-hybridized carbons (Fsp3) is 0.435. The van der Waals surface area contributed by atoms with E-state index in [1.165, 1.54) is 5.56 Å². The topological polar surface area (TPSA) is 66.8 Å². The largest absolute Gasteiger partial charge is 0.342 e. The zero-order chi connectivity index (χ0) is 20.4. The summed E-state index contributed by atoms with van der Waals surface area (Å²) >= 11 is 0. The first-order valence-electron chi connectivity index (χ1n) is 10.4. The lowest BCUT2D eigenvalue weighted by atomic mass is 9.96. The number of aromatic nitrogens is 4. The lowest BCUT2D eigenvalue weighted by Crippen LogP contribution is -2.39. The van der Waals surface area contributed by atoms with E-state index in [1.807, 2.05) is 40.8 Å². The SMILES string of the molecule is C=CCn1nc(C)c(CCC(=O)N2CCCC(c3nc4ccccc4[nH]3)C2)c1C. The lowest BCUT2D eigenvalue weighted by molar-refractivity contribution is -0.132. The van der Waals surface area contributed by atoms with Crippen LogP contribution in [0.5, 0.6) is 0 Å². The number of rotatable bonds is 6. The van der Waals surface area contributed by atoms with Gasteiger partial charge in [-0.3, -0.25) is 9.48 Å². The van der Waals surface area contributed by atoms with E-state index in [2.05, 4.69) is 29.7 Å². The fourth-order valence-corrected chi connectivity index (χ4v) is 4.38. The highest BCUT2D eigenvalue weighted by Crippen LogP contribution is 2.27. The summed E-state index contributed by atoms with van der Waals surface area (Å²) in [7, 11) is 0. The molecule has 4 rings (SSSR count). The van der Waals surface area contributed by atoms with Gasteiger partial charge in [-0.1, -0.05) is 18.2 Å². The van der Waals surface area contributed by atoms with Crippen LogP contribution in [0.15, 0.2) is 36.9 Å². The molecule has 1 atom stereocenters. The highest BCUT2D eigenvalue weighted by Gasteiger charge is 2.27. The van der Waals surface area contributed by atoms with Crippen molar-refractivity contribution in [1.82, 2.24) is 24.6 Å². The standard InChI is InChI=1S/C23H29N5O/c1-4-13-28-17(3)19(16(2)26-28)11-12-22(29)27-14-7-8-18(15-27)23-24-20-9-5-6-10-21(20)25-23/h4-6,9-10,18H,1,7-8,11-15H2,2-3H3,(H,24,25). The van der Waals surface area contributed by atoms with Gasteiger partial charge in [0.15, 0.2) is 0 Å². The number of piperidine rings is 1. The van der Waals surface area contributed by atoms with Crippen LogP contribution in [-0.2, 0) is 17.8 Å². The van der Waals surface area contributed by atoms with Crippen molar-refractivity contribution in [3.8, 4) is 0 Å². The van der Waals surface area contributed by atoms with E-state index in [1.54, 1.807) is 0 Å². The van der Waals surface area contributed by atoms with Crippen LogP contribution in [0.2, 0.25) is 0 Å². The van der Waals surface area contributed by atoms with E-state index in [0.29, 0.717) is 13.0 Å². The number of aromatic amines is 1. The fourth-order valence-electron chi connectivity index (χ4n) is 4.38. The molecule has 1 fully saturated rings. The van der Waals surface area contributed by atoms with Crippen LogP contribution in [0.1, 0.15) is 48.0 Å². The van der Waals surface area contributed by atoms with Crippen LogP contribution >= 0.6 is 0 Å². The smallest absolute Gasteiger partial charge is 0.222 e. The third-order valence-electron chi connectivity index (χ3n) is 5.99. The average molecular weight is 392 g/mol. The first-order chi connectivity index (χ1) is 14.1. The van der Waals surface area contributed by atoms with E-state index < -0.39 is 0 Å². The Morgan fingerprint density at radius 3 is 2.97 bits per heavy atom. The maximum absolute atomic E-state index is 12.9. The molecule has 1 saturated heterocycles. The van der Waals surface area contributed by atoms with Gasteiger partial charge in [0.1, 0.15) is 5.82 Å². The van der Waals surface area contributed by atoms with Crippen molar-refractivity contribution in [2.75, 3.05) is 13.1 Å². The summed E-state index contributed by atoms with van der Waals surface area (Å²) in [6.07, 6.45) is 5.19. The van der Waals surface area contributed by atoms with Gasteiger partial charge in [0, 0.05) is 31.1 Å². The summed E-state index contributed by atoms with van der Waals surface area (Å²) in [4.78, 5) is 23.1. The van der Waals surface area contributed by atoms with E-state index in [9.17, 15) is 4.79 Å². The van der Waals surface area contributed by atoms with E-state index in [4.69, 9.17) is 4.98 Å². The molecule has 1 amide bonds. The molecule has 0 saturated carbocycles. The molecule has 2 aromatic heterocycles. The zero-order valence-electron chi connectivity index (χ0n) is 17.3. The predicted molar refractivity (Wildman–Crippen MR) is 115 cm³/mol. The monoisotopic (exact) mass is 391 g/mol. The summed E-state index contributed by atoms with van der Waals surface area (Å²) in [5, 5.41) is 4.57. The van der Waals surface area contributed by atoms with Crippen LogP contribution in [0.4, 0.5) is 0 Å². The maximum atomic E-state index is 12.9. The molecule has 3 aromatic rings. The Balaban J connectivity index is 1.41. The molecule has 1 aliphatic heterocycles. The van der Waals surface area contributed by atoms with Gasteiger partial charge >= 0.3 is 0 Å². The molecule has 6 nitrogen and oxygen atoms in total. The summed E-state index contributed by atoms with van der Waals surface area (Å²) in [5.74, 6) is 1.50. The molecular weight excluding hydrogens is 362 g/mol. The van der Waals surface area contributed by atoms with Crippen LogP contribution < -0.4 is 0 Å². The molecule has 6 heteroatoms. The third-order valence-corrected chi connectivity index (χ3v) is 5.99. The van der Waals surface area contributed by atoms with Gasteiger partial charge in [0.25, 0.3) is 0 Å². The van der Waals surface area contributed by atoms with Crippen molar-refractivity contribution in [3.05, 3.63) is 59.7 Å². The van der Waals surface area contributed by atoms with Crippen LogP contribution in [-0.4, -0.2) is 43.6 Å². The van der Waals surface area contributed by atoms with Crippen LogP contribution in [0.3, 0.4) is 0 Å². The van der Waals surface area contributed by atoms with Gasteiger partial charge in [0.2, 0.25) is 5.91 Å². The second kappa shape index (κ2) is 8.23. The number of imidazole rings is 1. The molecule has 0 bridgehead atoms. The Hall–Kier alpha value is -2.89. The van der Waals surface area contributed by atoms with Gasteiger partial charge in [-0.05, 0) is 50.8 Å². The van der Waals surface area contributed by atoms with Crippen LogP contribution in [0, 0.1) is 13.8 Å². The number of nitrogens with zero attached hydrogens (tertiary/aromatic N) is 4. The van der Waals surface area contributed by atoms with Gasteiger partial charge in [-0.15, -0.1) is 6.58 Å². The van der Waals surface area contributed by atoms with Gasteiger partial charge < -0.3 is 9.88 Å². The Morgan fingerprint density at radius 1 is 1.34 bits per heavy atom. The summed E-state index contributed by atoms with van der Waals surface area (Å²) in [6.45, 7) is 10.2. The molecule has 1 aromatic carbocycles. The van der Waals surface area contributed by atoms with Crippen molar-refractivity contribution in [3.63, 3.8) is 0 Å². The number of nitrogens with one attached hydrogen (secondary N) is 1. The third kappa shape index (κ3) is 3.97. The number of carbonyl (C=O) groups excluding carboxylic acids is 1. The van der Waals surface area contributed by atoms with Crippen molar-refractivity contribution < 1.29 is 4.79 Å². The Bertz CT molecular complexity index is 998. The molecule has 0 radical (unpaired) electrons. The van der Waals surface area contributed by atoms with Crippen molar-refractivity contribution in [2.24, 2.45) is 0 Å². The Morgan fingerprint density at radius 2 is 2.17 bits per heavy atom. The summed E-state index contributed by atoms with van der Waals surface area (Å²) < 4.78 is 1.96. The van der Waals surface area contributed by atoms with E-state index in [0.717, 1.165) is 60.6 Å². The number of aryl methyl sites for hydroxylation is 1. The number of likely N-dealkylation sites (tertiary alicyclic amines) is 1. The first-order valence-corrected chi connectivity index (χ1v) is 10.4. The number of amides is 1. The molecule has 0 aliphatic carbocycles. The molecule has 152 valence electrons. The number of H-pyrrole nitrogens is 1. The van der Waals surface area contributed by atoms with Crippen molar-refractivity contribution >= 4 is 16.9 Å². The Kier molecular flexibility index (Phi) is 5.51. The minimum Gasteiger partial charge on any atom is -0.342 e. The van der Waals surface area contributed by atoms with Gasteiger partial charge in [0.05, 0.1) is 23.3 Å². The Labute approximate surface area is 171 Å². The van der Waals surface area contributed by atoms with Gasteiger partial charge in [-0.25, -0.2) is 4.98 Å². The average Bonchev–Trinajstić information content (AvgIpc) is 3.28. The number of benzene rings is 1. The minimum atomic E-state index is 0.223. The normalized spacial score (nSPS) is 17.0. The second-order valence-corrected chi connectivity index (χ2v) is 7.94. The quantitative estimate of drug-likeness (QED) is 0.648. The van der Waals surface area contributed by atoms with Crippen molar-refractivity contribution in [1.29, 1.82) is 0 Å². The number of hydrogen-bond acceptors (Lipinski definition) is 3. The molecule has 1 N–H and O–H groups in total. The number of fused-ring (bicyclic) bond motifs is 1. The molecule has 1 aliphatic rings. The van der Waals surface area contributed by atoms with Crippen molar-refractivity contribution in [2.45, 2.75) is 52.0 Å². The number of para-hydroxylation sites is 2. The van der Waals surface area contributed by atoms with E-state index in [-0.39, 0.29) is 11.8 Å². The molecule has 29 heavy (non-hydrogen) atoms. The van der Waals surface area contributed by atoms with Crippen LogP contribution in [0.25, 0.3) is 11.0 Å². The zero-order valence-corrected chi connectivity index (χ0v) is 17.3.